The molecule has 1 aromatic rings. The Kier molecular flexibility index (Phi) is 5.81. The maximum atomic E-state index is 12.0. The van der Waals surface area contributed by atoms with Crippen LogP contribution in [-0.2, 0) is 6.54 Å². The number of nitrogen functional groups attached to an aromatic ring is 1. The Morgan fingerprint density at radius 1 is 1.22 bits per heavy atom. The van der Waals surface area contributed by atoms with Crippen molar-refractivity contribution in [2.45, 2.75) is 19.0 Å². The van der Waals surface area contributed by atoms with Gasteiger partial charge in [0.25, 0.3) is 0 Å². The van der Waals surface area contributed by atoms with Gasteiger partial charge in [0.2, 0.25) is 0 Å². The summed E-state index contributed by atoms with van der Waals surface area (Å²) < 4.78 is 36.0. The molecule has 0 fully saturated rings. The van der Waals surface area contributed by atoms with Crippen LogP contribution in [0.5, 0.6) is 0 Å². The molecule has 0 unspecified atom stereocenters. The van der Waals surface area contributed by atoms with Crippen molar-refractivity contribution in [2.75, 3.05) is 24.6 Å². The van der Waals surface area contributed by atoms with Crippen LogP contribution in [0.15, 0.2) is 24.3 Å². The lowest BCUT2D eigenvalue weighted by Gasteiger charge is -2.20. The number of thioether (sulfide) groups is 1. The van der Waals surface area contributed by atoms with E-state index in [1.54, 1.807) is 12.1 Å². The van der Waals surface area contributed by atoms with Crippen molar-refractivity contribution >= 4 is 17.4 Å². The molecule has 0 aliphatic heterocycles. The van der Waals surface area contributed by atoms with Crippen LogP contribution < -0.4 is 5.73 Å². The number of hydrogen-bond acceptors (Lipinski definition) is 3. The fraction of sp³-hybridized carbons (Fsp3) is 0.500. The summed E-state index contributed by atoms with van der Waals surface area (Å²) in [7, 11) is 0. The summed E-state index contributed by atoms with van der Waals surface area (Å²) in [5.41, 5.74) is 3.19. The minimum atomic E-state index is -4.14. The lowest BCUT2D eigenvalue weighted by molar-refractivity contribution is -0.0328. The van der Waals surface area contributed by atoms with Gasteiger partial charge in [-0.2, -0.15) is 13.2 Å². The minimum absolute atomic E-state index is 0.0286. The third-order valence-electron chi connectivity index (χ3n) is 2.51. The van der Waals surface area contributed by atoms with Crippen LogP contribution in [0.3, 0.4) is 0 Å². The number of benzene rings is 1. The van der Waals surface area contributed by atoms with Crippen LogP contribution in [-0.4, -0.2) is 29.3 Å². The summed E-state index contributed by atoms with van der Waals surface area (Å²) in [6.45, 7) is 3.73. The Morgan fingerprint density at radius 3 is 2.33 bits per heavy atom. The monoisotopic (exact) mass is 278 g/mol. The first-order chi connectivity index (χ1) is 8.40. The Balaban J connectivity index is 2.40. The normalized spacial score (nSPS) is 12.1. The fourth-order valence-corrected chi connectivity index (χ4v) is 2.10. The van der Waals surface area contributed by atoms with E-state index in [9.17, 15) is 13.2 Å². The number of nitrogens with two attached hydrogens (primary N) is 1. The molecule has 102 valence electrons. The van der Waals surface area contributed by atoms with Crippen LogP contribution in [0, 0.1) is 0 Å². The van der Waals surface area contributed by atoms with E-state index in [1.807, 2.05) is 24.0 Å². The number of halogens is 3. The second kappa shape index (κ2) is 6.89. The molecule has 2 N–H and O–H groups in total. The molecule has 2 nitrogen and oxygen atoms in total. The molecule has 1 aromatic carbocycles. The van der Waals surface area contributed by atoms with Crippen molar-refractivity contribution in [1.29, 1.82) is 0 Å². The van der Waals surface area contributed by atoms with Gasteiger partial charge in [-0.15, -0.1) is 0 Å². The van der Waals surface area contributed by atoms with Gasteiger partial charge in [-0.25, -0.2) is 0 Å². The second-order valence-corrected chi connectivity index (χ2v) is 5.06. The summed E-state index contributed by atoms with van der Waals surface area (Å²) in [6.07, 6.45) is 0. The summed E-state index contributed by atoms with van der Waals surface area (Å²) in [5, 5.41) is 0. The van der Waals surface area contributed by atoms with Gasteiger partial charge in [0.1, 0.15) is 0 Å². The Labute approximate surface area is 109 Å². The van der Waals surface area contributed by atoms with E-state index in [2.05, 4.69) is 0 Å². The average Bonchev–Trinajstić information content (AvgIpc) is 2.29. The summed E-state index contributed by atoms with van der Waals surface area (Å²) in [6, 6.07) is 7.39. The van der Waals surface area contributed by atoms with E-state index in [1.165, 1.54) is 0 Å². The van der Waals surface area contributed by atoms with Crippen molar-refractivity contribution in [3.05, 3.63) is 29.8 Å². The molecule has 0 aromatic heterocycles. The van der Waals surface area contributed by atoms with Gasteiger partial charge in [0.15, 0.2) is 0 Å². The number of nitrogens with zero attached hydrogens (tertiary/aromatic N) is 1. The maximum Gasteiger partial charge on any atom is 0.441 e. The molecule has 0 atom stereocenters. The Hall–Kier alpha value is -0.880. The molecule has 18 heavy (non-hydrogen) atoms. The van der Waals surface area contributed by atoms with Crippen molar-refractivity contribution in [1.82, 2.24) is 4.90 Å². The molecule has 0 bridgehead atoms. The van der Waals surface area contributed by atoms with Gasteiger partial charge in [-0.05, 0) is 36.0 Å². The van der Waals surface area contributed by atoms with E-state index in [0.29, 0.717) is 18.8 Å². The highest BCUT2D eigenvalue weighted by Gasteiger charge is 2.27. The van der Waals surface area contributed by atoms with Gasteiger partial charge in [-0.1, -0.05) is 19.1 Å². The topological polar surface area (TPSA) is 29.3 Å². The SMILES string of the molecule is CCN(CCSC(F)(F)F)Cc1ccc(N)cc1. The highest BCUT2D eigenvalue weighted by molar-refractivity contribution is 8.00. The zero-order valence-electron chi connectivity index (χ0n) is 10.2. The van der Waals surface area contributed by atoms with E-state index in [4.69, 9.17) is 5.73 Å². The van der Waals surface area contributed by atoms with E-state index < -0.39 is 5.51 Å². The number of alkyl halides is 3. The van der Waals surface area contributed by atoms with Crippen molar-refractivity contribution in [2.24, 2.45) is 0 Å². The molecule has 0 spiro atoms. The molecule has 0 amide bonds. The quantitative estimate of drug-likeness (QED) is 0.809. The van der Waals surface area contributed by atoms with Crippen molar-refractivity contribution in [3.8, 4) is 0 Å². The van der Waals surface area contributed by atoms with Crippen molar-refractivity contribution in [3.63, 3.8) is 0 Å². The Morgan fingerprint density at radius 2 is 1.83 bits per heavy atom. The van der Waals surface area contributed by atoms with E-state index >= 15 is 0 Å². The van der Waals surface area contributed by atoms with Crippen LogP contribution in [0.2, 0.25) is 0 Å². The lowest BCUT2D eigenvalue weighted by Crippen LogP contribution is -2.26. The summed E-state index contributed by atoms with van der Waals surface area (Å²) in [5.74, 6) is 0.0618. The molecular weight excluding hydrogens is 261 g/mol. The predicted molar refractivity (Wildman–Crippen MR) is 70.3 cm³/mol. The zero-order valence-corrected chi connectivity index (χ0v) is 11.0. The first kappa shape index (κ1) is 15.2. The van der Waals surface area contributed by atoms with E-state index in [-0.39, 0.29) is 17.5 Å². The second-order valence-electron chi connectivity index (χ2n) is 3.90. The van der Waals surface area contributed by atoms with Gasteiger partial charge in [0.05, 0.1) is 0 Å². The highest BCUT2D eigenvalue weighted by Crippen LogP contribution is 2.29. The average molecular weight is 278 g/mol. The largest absolute Gasteiger partial charge is 0.441 e. The minimum Gasteiger partial charge on any atom is -0.399 e. The van der Waals surface area contributed by atoms with Gasteiger partial charge >= 0.3 is 5.51 Å². The standard InChI is InChI=1S/C12H17F3N2S/c1-2-17(7-8-18-12(13,14)15)9-10-3-5-11(16)6-4-10/h3-6H,2,7-9,16H2,1H3. The van der Waals surface area contributed by atoms with Crippen molar-refractivity contribution < 1.29 is 13.2 Å². The molecule has 1 rings (SSSR count). The third kappa shape index (κ3) is 6.16. The van der Waals surface area contributed by atoms with Gasteiger partial charge < -0.3 is 5.73 Å². The number of anilines is 1. The number of rotatable bonds is 6. The predicted octanol–water partition coefficient (Wildman–Crippen LogP) is 3.34. The third-order valence-corrected chi connectivity index (χ3v) is 3.22. The fourth-order valence-electron chi connectivity index (χ4n) is 1.52. The van der Waals surface area contributed by atoms with Crippen LogP contribution in [0.25, 0.3) is 0 Å². The molecule has 0 heterocycles. The molecule has 0 saturated heterocycles. The van der Waals surface area contributed by atoms with Gasteiger partial charge in [0, 0.05) is 24.5 Å². The molecule has 0 aliphatic rings. The molecule has 0 radical (unpaired) electrons. The molecule has 6 heteroatoms. The highest BCUT2D eigenvalue weighted by atomic mass is 32.2. The lowest BCUT2D eigenvalue weighted by atomic mass is 10.2. The molecular formula is C12H17F3N2S. The van der Waals surface area contributed by atoms with Crippen LogP contribution in [0.4, 0.5) is 18.9 Å². The number of hydrogen-bond donors (Lipinski definition) is 1. The smallest absolute Gasteiger partial charge is 0.399 e. The first-order valence-electron chi connectivity index (χ1n) is 5.68. The molecule has 0 aliphatic carbocycles. The zero-order chi connectivity index (χ0) is 13.6. The summed E-state index contributed by atoms with van der Waals surface area (Å²) in [4.78, 5) is 1.98. The van der Waals surface area contributed by atoms with Gasteiger partial charge in [-0.3, -0.25) is 4.90 Å². The van der Waals surface area contributed by atoms with E-state index in [0.717, 1.165) is 12.1 Å². The van der Waals surface area contributed by atoms with Crippen LogP contribution >= 0.6 is 11.8 Å². The first-order valence-corrected chi connectivity index (χ1v) is 6.66. The summed E-state index contributed by atoms with van der Waals surface area (Å²) >= 11 is 0.0286. The Bertz CT molecular complexity index is 351. The maximum absolute atomic E-state index is 12.0. The van der Waals surface area contributed by atoms with Crippen LogP contribution in [0.1, 0.15) is 12.5 Å². The molecule has 0 saturated carbocycles.